The molecule has 0 radical (unpaired) electrons. The van der Waals surface area contributed by atoms with Crippen LogP contribution in [0.5, 0.6) is 0 Å². The summed E-state index contributed by atoms with van der Waals surface area (Å²) in [6, 6.07) is 0.330. The highest BCUT2D eigenvalue weighted by atomic mass is 32.2. The number of rotatable bonds is 8. The number of nitrogens with one attached hydrogen (secondary N) is 1. The lowest BCUT2D eigenvalue weighted by atomic mass is 10.2. The Morgan fingerprint density at radius 3 is 2.74 bits per heavy atom. The van der Waals surface area contributed by atoms with E-state index < -0.39 is 9.84 Å². The topological polar surface area (TPSA) is 49.4 Å². The van der Waals surface area contributed by atoms with Gasteiger partial charge in [-0.3, -0.25) is 4.90 Å². The molecule has 1 saturated heterocycles. The second-order valence-electron chi connectivity index (χ2n) is 5.11. The van der Waals surface area contributed by atoms with Crippen molar-refractivity contribution in [2.75, 3.05) is 36.9 Å². The zero-order valence-electron chi connectivity index (χ0n) is 12.4. The van der Waals surface area contributed by atoms with Crippen molar-refractivity contribution in [1.29, 1.82) is 0 Å². The summed E-state index contributed by atoms with van der Waals surface area (Å²) in [7, 11) is -2.97. The first-order chi connectivity index (χ1) is 9.03. The quantitative estimate of drug-likeness (QED) is 0.690. The normalized spacial score (nSPS) is 23.4. The Bertz CT molecular complexity index is 347. The predicted molar refractivity (Wildman–Crippen MR) is 84.5 cm³/mol. The summed E-state index contributed by atoms with van der Waals surface area (Å²) in [4.78, 5) is 2.20. The molecule has 2 unspecified atom stereocenters. The van der Waals surface area contributed by atoms with Crippen molar-refractivity contribution in [3.63, 3.8) is 0 Å². The summed E-state index contributed by atoms with van der Waals surface area (Å²) in [5, 5.41) is 3.11. The summed E-state index contributed by atoms with van der Waals surface area (Å²) in [6.07, 6.45) is 2.15. The highest BCUT2D eigenvalue weighted by molar-refractivity contribution is 8.01. The van der Waals surface area contributed by atoms with Gasteiger partial charge in [0.2, 0.25) is 0 Å². The van der Waals surface area contributed by atoms with E-state index in [4.69, 9.17) is 0 Å². The largest absolute Gasteiger partial charge is 0.317 e. The van der Waals surface area contributed by atoms with Gasteiger partial charge >= 0.3 is 0 Å². The fourth-order valence-corrected chi connectivity index (χ4v) is 5.51. The molecule has 0 amide bonds. The standard InChI is InChI=1S/C13H28N2O2S2/c1-4-7-14-8-6-12(3)15-9-10-18-11-13(15)19(16,17)5-2/h12-14H,4-11H2,1-3H3. The van der Waals surface area contributed by atoms with E-state index in [2.05, 4.69) is 24.1 Å². The van der Waals surface area contributed by atoms with Gasteiger partial charge in [-0.25, -0.2) is 8.42 Å². The first-order valence-electron chi connectivity index (χ1n) is 7.28. The average molecular weight is 309 g/mol. The summed E-state index contributed by atoms with van der Waals surface area (Å²) in [6.45, 7) is 8.96. The van der Waals surface area contributed by atoms with Gasteiger partial charge < -0.3 is 5.32 Å². The first kappa shape index (κ1) is 17.3. The zero-order valence-corrected chi connectivity index (χ0v) is 14.0. The lowest BCUT2D eigenvalue weighted by Crippen LogP contribution is -2.52. The molecule has 1 heterocycles. The van der Waals surface area contributed by atoms with E-state index in [-0.39, 0.29) is 11.1 Å². The lowest BCUT2D eigenvalue weighted by molar-refractivity contribution is 0.195. The Labute approximate surface area is 122 Å². The Morgan fingerprint density at radius 2 is 2.11 bits per heavy atom. The van der Waals surface area contributed by atoms with Crippen molar-refractivity contribution in [3.8, 4) is 0 Å². The maximum absolute atomic E-state index is 12.2. The zero-order chi connectivity index (χ0) is 14.3. The van der Waals surface area contributed by atoms with Crippen molar-refractivity contribution >= 4 is 21.6 Å². The minimum atomic E-state index is -2.97. The van der Waals surface area contributed by atoms with Crippen molar-refractivity contribution in [2.45, 2.75) is 45.0 Å². The molecule has 0 bridgehead atoms. The molecule has 1 fully saturated rings. The molecule has 2 atom stereocenters. The second-order valence-corrected chi connectivity index (χ2v) is 8.70. The third-order valence-electron chi connectivity index (χ3n) is 3.67. The number of sulfone groups is 1. The Hall–Kier alpha value is 0.220. The molecule has 0 aromatic rings. The number of thioether (sulfide) groups is 1. The molecular weight excluding hydrogens is 280 g/mol. The molecule has 4 nitrogen and oxygen atoms in total. The minimum absolute atomic E-state index is 0.246. The van der Waals surface area contributed by atoms with Crippen LogP contribution in [0, 0.1) is 0 Å². The molecule has 0 saturated carbocycles. The maximum Gasteiger partial charge on any atom is 0.166 e. The molecule has 1 N–H and O–H groups in total. The SMILES string of the molecule is CCCNCCC(C)N1CCSCC1S(=O)(=O)CC. The molecule has 0 aromatic carbocycles. The van der Waals surface area contributed by atoms with Crippen LogP contribution < -0.4 is 5.32 Å². The number of hydrogen-bond donors (Lipinski definition) is 1. The number of nitrogens with zero attached hydrogens (tertiary/aromatic N) is 1. The van der Waals surface area contributed by atoms with Gasteiger partial charge in [0.05, 0.1) is 0 Å². The van der Waals surface area contributed by atoms with Crippen LogP contribution in [0.3, 0.4) is 0 Å². The van der Waals surface area contributed by atoms with E-state index in [1.165, 1.54) is 0 Å². The van der Waals surface area contributed by atoms with Gasteiger partial charge in [0.1, 0.15) is 5.37 Å². The highest BCUT2D eigenvalue weighted by Crippen LogP contribution is 2.24. The third-order valence-corrected chi connectivity index (χ3v) is 6.98. The molecule has 0 spiro atoms. The van der Waals surface area contributed by atoms with Crippen molar-refractivity contribution in [2.24, 2.45) is 0 Å². The van der Waals surface area contributed by atoms with Crippen LogP contribution in [0.2, 0.25) is 0 Å². The van der Waals surface area contributed by atoms with Crippen LogP contribution >= 0.6 is 11.8 Å². The predicted octanol–water partition coefficient (Wildman–Crippen LogP) is 1.57. The van der Waals surface area contributed by atoms with Gasteiger partial charge in [-0.15, -0.1) is 0 Å². The average Bonchev–Trinajstić information content (AvgIpc) is 2.43. The smallest absolute Gasteiger partial charge is 0.166 e. The van der Waals surface area contributed by atoms with Crippen molar-refractivity contribution < 1.29 is 8.42 Å². The van der Waals surface area contributed by atoms with Crippen LogP contribution in [-0.4, -0.2) is 61.6 Å². The third kappa shape index (κ3) is 5.25. The van der Waals surface area contributed by atoms with E-state index in [0.29, 0.717) is 6.04 Å². The molecule has 1 rings (SSSR count). The monoisotopic (exact) mass is 308 g/mol. The molecule has 19 heavy (non-hydrogen) atoms. The van der Waals surface area contributed by atoms with Crippen molar-refractivity contribution in [1.82, 2.24) is 10.2 Å². The van der Waals surface area contributed by atoms with Gasteiger partial charge in [0.15, 0.2) is 9.84 Å². The lowest BCUT2D eigenvalue weighted by Gasteiger charge is -2.39. The molecule has 114 valence electrons. The fourth-order valence-electron chi connectivity index (χ4n) is 2.38. The number of hydrogen-bond acceptors (Lipinski definition) is 5. The Balaban J connectivity index is 2.56. The van der Waals surface area contributed by atoms with E-state index >= 15 is 0 Å². The van der Waals surface area contributed by atoms with Crippen LogP contribution in [0.4, 0.5) is 0 Å². The Morgan fingerprint density at radius 1 is 1.37 bits per heavy atom. The molecule has 1 aliphatic heterocycles. The van der Waals surface area contributed by atoms with Crippen LogP contribution in [0.25, 0.3) is 0 Å². The summed E-state index contributed by atoms with van der Waals surface area (Å²) in [5.41, 5.74) is 0. The molecule has 0 aromatic heterocycles. The van der Waals surface area contributed by atoms with E-state index in [9.17, 15) is 8.42 Å². The minimum Gasteiger partial charge on any atom is -0.317 e. The van der Waals surface area contributed by atoms with Crippen LogP contribution in [-0.2, 0) is 9.84 Å². The Kier molecular flexibility index (Phi) is 7.72. The van der Waals surface area contributed by atoms with Crippen molar-refractivity contribution in [3.05, 3.63) is 0 Å². The molecule has 1 aliphatic rings. The van der Waals surface area contributed by atoms with Crippen LogP contribution in [0.15, 0.2) is 0 Å². The first-order valence-corrected chi connectivity index (χ1v) is 10.2. The summed E-state index contributed by atoms with van der Waals surface area (Å²) < 4.78 is 24.3. The molecule has 0 aliphatic carbocycles. The highest BCUT2D eigenvalue weighted by Gasteiger charge is 2.34. The maximum atomic E-state index is 12.2. The molecule has 6 heteroatoms. The van der Waals surface area contributed by atoms with Gasteiger partial charge in [0.25, 0.3) is 0 Å². The van der Waals surface area contributed by atoms with Crippen LogP contribution in [0.1, 0.15) is 33.6 Å². The fraction of sp³-hybridized carbons (Fsp3) is 1.00. The van der Waals surface area contributed by atoms with E-state index in [0.717, 1.165) is 44.0 Å². The second kappa shape index (κ2) is 8.49. The van der Waals surface area contributed by atoms with Gasteiger partial charge in [-0.1, -0.05) is 13.8 Å². The van der Waals surface area contributed by atoms with E-state index in [1.807, 2.05) is 0 Å². The molecular formula is C13H28N2O2S2. The summed E-state index contributed by atoms with van der Waals surface area (Å²) >= 11 is 1.76. The summed E-state index contributed by atoms with van der Waals surface area (Å²) in [5.74, 6) is 2.01. The van der Waals surface area contributed by atoms with Gasteiger partial charge in [-0.05, 0) is 32.9 Å². The van der Waals surface area contributed by atoms with Gasteiger partial charge in [-0.2, -0.15) is 11.8 Å². The van der Waals surface area contributed by atoms with E-state index in [1.54, 1.807) is 18.7 Å². The van der Waals surface area contributed by atoms with Gasteiger partial charge in [0, 0.05) is 29.8 Å².